The molecule has 1 fully saturated rings. The lowest BCUT2D eigenvalue weighted by Crippen LogP contribution is -2.38. The second-order valence-electron chi connectivity index (χ2n) is 5.85. The number of aromatic nitrogens is 1. The first kappa shape index (κ1) is 19.4. The minimum Gasteiger partial charge on any atom is -0.478 e. The summed E-state index contributed by atoms with van der Waals surface area (Å²) in [5.41, 5.74) is 1.31. The normalized spacial score (nSPS) is 15.8. The van der Waals surface area contributed by atoms with Crippen molar-refractivity contribution >= 4 is 28.0 Å². The van der Waals surface area contributed by atoms with Gasteiger partial charge in [0.25, 0.3) is 10.0 Å². The standard InChI is InChI=1S/C17H19N5O5S/c1-11-14(15(21-27-11)12-6-3-2-4-7-12)20-17(23)22-28(24,25)13(10-18)16-19-8-5-9-26-16/h2-4,6-7,10,18-19H,5,8-9H2,1H3,(H2,20,22,23)/b16-13-,18-10?. The number of allylic oxidation sites excluding steroid dienone is 1. The van der Waals surface area contributed by atoms with Crippen LogP contribution >= 0.6 is 0 Å². The molecular formula is C17H19N5O5S. The summed E-state index contributed by atoms with van der Waals surface area (Å²) in [6.45, 7) is 2.42. The number of ether oxygens (including phenoxy) is 1. The summed E-state index contributed by atoms with van der Waals surface area (Å²) in [5.74, 6) is 0.252. The highest BCUT2D eigenvalue weighted by Crippen LogP contribution is 2.29. The van der Waals surface area contributed by atoms with Crippen LogP contribution in [0.15, 0.2) is 45.6 Å². The highest BCUT2D eigenvalue weighted by molar-refractivity contribution is 7.94. The summed E-state index contributed by atoms with van der Waals surface area (Å²) in [5, 5.41) is 16.5. The number of nitrogens with zero attached hydrogens (tertiary/aromatic N) is 1. The first-order valence-corrected chi connectivity index (χ1v) is 9.87. The van der Waals surface area contributed by atoms with Gasteiger partial charge in [-0.2, -0.15) is 0 Å². The van der Waals surface area contributed by atoms with Gasteiger partial charge in [-0.3, -0.25) is 0 Å². The number of benzene rings is 1. The molecule has 0 radical (unpaired) electrons. The topological polar surface area (TPSA) is 146 Å². The monoisotopic (exact) mass is 405 g/mol. The van der Waals surface area contributed by atoms with Crippen molar-refractivity contribution in [1.29, 1.82) is 5.41 Å². The predicted molar refractivity (Wildman–Crippen MR) is 102 cm³/mol. The van der Waals surface area contributed by atoms with Crippen LogP contribution in [0.1, 0.15) is 12.2 Å². The molecule has 0 unspecified atom stereocenters. The van der Waals surface area contributed by atoms with Gasteiger partial charge in [0, 0.05) is 18.3 Å². The van der Waals surface area contributed by atoms with Crippen molar-refractivity contribution in [3.05, 3.63) is 46.9 Å². The maximum absolute atomic E-state index is 12.5. The summed E-state index contributed by atoms with van der Waals surface area (Å²) in [6.07, 6.45) is 1.32. The van der Waals surface area contributed by atoms with E-state index in [1.165, 1.54) is 0 Å². The molecule has 4 N–H and O–H groups in total. The average Bonchev–Trinajstić information content (AvgIpc) is 3.03. The van der Waals surface area contributed by atoms with Crippen LogP contribution in [0.25, 0.3) is 11.3 Å². The Bertz CT molecular complexity index is 1010. The van der Waals surface area contributed by atoms with E-state index in [9.17, 15) is 13.2 Å². The number of aryl methyl sites for hydroxylation is 1. The number of carbonyl (C=O) groups excluding carboxylic acids is 1. The lowest BCUT2D eigenvalue weighted by atomic mass is 10.1. The van der Waals surface area contributed by atoms with E-state index >= 15 is 0 Å². The molecule has 0 saturated carbocycles. The third-order valence-corrected chi connectivity index (χ3v) is 5.21. The molecule has 0 aliphatic carbocycles. The van der Waals surface area contributed by atoms with Crippen molar-refractivity contribution in [2.24, 2.45) is 0 Å². The van der Waals surface area contributed by atoms with Crippen LogP contribution in [-0.2, 0) is 14.8 Å². The van der Waals surface area contributed by atoms with Crippen LogP contribution in [0.4, 0.5) is 10.5 Å². The molecule has 11 heteroatoms. The van der Waals surface area contributed by atoms with Crippen molar-refractivity contribution < 1.29 is 22.5 Å². The van der Waals surface area contributed by atoms with Gasteiger partial charge < -0.3 is 25.3 Å². The van der Waals surface area contributed by atoms with Gasteiger partial charge in [0.15, 0.2) is 10.7 Å². The van der Waals surface area contributed by atoms with E-state index < -0.39 is 21.0 Å². The maximum atomic E-state index is 12.5. The number of hydrogen-bond donors (Lipinski definition) is 4. The molecule has 1 saturated heterocycles. The van der Waals surface area contributed by atoms with E-state index in [0.717, 1.165) is 0 Å². The van der Waals surface area contributed by atoms with Gasteiger partial charge in [-0.05, 0) is 13.3 Å². The van der Waals surface area contributed by atoms with Crippen molar-refractivity contribution in [3.63, 3.8) is 0 Å². The Labute approximate surface area is 161 Å². The summed E-state index contributed by atoms with van der Waals surface area (Å²) < 4.78 is 37.2. The zero-order valence-electron chi connectivity index (χ0n) is 15.0. The molecule has 0 spiro atoms. The number of sulfonamides is 1. The number of hydrogen-bond acceptors (Lipinski definition) is 8. The first-order valence-electron chi connectivity index (χ1n) is 8.39. The fourth-order valence-corrected chi connectivity index (χ4v) is 3.49. The number of nitrogens with one attached hydrogen (secondary N) is 4. The van der Waals surface area contributed by atoms with Crippen molar-refractivity contribution in [2.45, 2.75) is 13.3 Å². The van der Waals surface area contributed by atoms with E-state index in [4.69, 9.17) is 14.7 Å². The quantitative estimate of drug-likeness (QED) is 0.556. The SMILES string of the molecule is Cc1onc(-c2ccccc2)c1NC(=O)NS(=O)(=O)/C(C=N)=C1/NCCCO1. The van der Waals surface area contributed by atoms with Gasteiger partial charge in [-0.25, -0.2) is 17.9 Å². The molecule has 1 aromatic carbocycles. The molecule has 1 aromatic heterocycles. The van der Waals surface area contributed by atoms with Gasteiger partial charge in [0.2, 0.25) is 5.88 Å². The van der Waals surface area contributed by atoms with Crippen molar-refractivity contribution in [1.82, 2.24) is 15.2 Å². The summed E-state index contributed by atoms with van der Waals surface area (Å²) in [7, 11) is -4.33. The summed E-state index contributed by atoms with van der Waals surface area (Å²) in [4.78, 5) is 11.9. The Hall–Kier alpha value is -3.34. The van der Waals surface area contributed by atoms with E-state index in [2.05, 4.69) is 15.8 Å². The van der Waals surface area contributed by atoms with E-state index in [-0.39, 0.29) is 11.6 Å². The Morgan fingerprint density at radius 3 is 2.71 bits per heavy atom. The molecule has 2 aromatic rings. The second kappa shape index (κ2) is 8.13. The molecule has 10 nitrogen and oxygen atoms in total. The van der Waals surface area contributed by atoms with Crippen LogP contribution in [-0.4, -0.2) is 39.0 Å². The molecule has 2 heterocycles. The number of urea groups is 1. The van der Waals surface area contributed by atoms with Gasteiger partial charge in [-0.15, -0.1) is 0 Å². The van der Waals surface area contributed by atoms with E-state index in [0.29, 0.717) is 42.8 Å². The molecule has 1 aliphatic rings. The van der Waals surface area contributed by atoms with E-state index in [1.54, 1.807) is 31.2 Å². The Balaban J connectivity index is 1.81. The first-order chi connectivity index (χ1) is 13.4. The fraction of sp³-hybridized carbons (Fsp3) is 0.235. The highest BCUT2D eigenvalue weighted by Gasteiger charge is 2.27. The minimum absolute atomic E-state index is 0.0623. The molecule has 148 valence electrons. The van der Waals surface area contributed by atoms with Crippen LogP contribution in [0.3, 0.4) is 0 Å². The van der Waals surface area contributed by atoms with Crippen LogP contribution in [0.5, 0.6) is 0 Å². The van der Waals surface area contributed by atoms with Gasteiger partial charge in [0.05, 0.1) is 6.61 Å². The lowest BCUT2D eigenvalue weighted by molar-refractivity contribution is 0.157. The number of amides is 2. The van der Waals surface area contributed by atoms with Crippen LogP contribution in [0, 0.1) is 12.3 Å². The third kappa shape index (κ3) is 4.14. The molecular weight excluding hydrogens is 386 g/mol. The molecule has 2 amide bonds. The number of rotatable bonds is 5. The number of carbonyl (C=O) groups is 1. The smallest absolute Gasteiger partial charge is 0.333 e. The highest BCUT2D eigenvalue weighted by atomic mass is 32.2. The fourth-order valence-electron chi connectivity index (χ4n) is 2.55. The second-order valence-corrected chi connectivity index (χ2v) is 7.51. The Kier molecular flexibility index (Phi) is 5.64. The lowest BCUT2D eigenvalue weighted by Gasteiger charge is -2.20. The zero-order chi connectivity index (χ0) is 20.1. The predicted octanol–water partition coefficient (Wildman–Crippen LogP) is 1.93. The molecule has 3 rings (SSSR count). The molecule has 28 heavy (non-hydrogen) atoms. The van der Waals surface area contributed by atoms with Crippen molar-refractivity contribution in [3.8, 4) is 11.3 Å². The van der Waals surface area contributed by atoms with Gasteiger partial charge in [0.1, 0.15) is 11.4 Å². The third-order valence-electron chi connectivity index (χ3n) is 3.87. The minimum atomic E-state index is -4.33. The zero-order valence-corrected chi connectivity index (χ0v) is 15.8. The maximum Gasteiger partial charge on any atom is 0.333 e. The van der Waals surface area contributed by atoms with Crippen LogP contribution in [0.2, 0.25) is 0 Å². The molecule has 0 atom stereocenters. The average molecular weight is 405 g/mol. The summed E-state index contributed by atoms with van der Waals surface area (Å²) >= 11 is 0. The summed E-state index contributed by atoms with van der Waals surface area (Å²) in [6, 6.07) is 7.97. The molecule has 1 aliphatic heterocycles. The Morgan fingerprint density at radius 2 is 2.07 bits per heavy atom. The molecule has 0 bridgehead atoms. The van der Waals surface area contributed by atoms with Gasteiger partial charge in [-0.1, -0.05) is 35.5 Å². The van der Waals surface area contributed by atoms with E-state index in [1.807, 2.05) is 10.8 Å². The van der Waals surface area contributed by atoms with Gasteiger partial charge >= 0.3 is 6.03 Å². The van der Waals surface area contributed by atoms with Crippen LogP contribution < -0.4 is 15.4 Å². The largest absolute Gasteiger partial charge is 0.478 e. The van der Waals surface area contributed by atoms with Crippen molar-refractivity contribution in [2.75, 3.05) is 18.5 Å². The number of anilines is 1. The Morgan fingerprint density at radius 1 is 1.32 bits per heavy atom.